The van der Waals surface area contributed by atoms with E-state index in [1.54, 1.807) is 7.11 Å². The first kappa shape index (κ1) is 17.9. The van der Waals surface area contributed by atoms with E-state index in [4.69, 9.17) is 14.2 Å². The highest BCUT2D eigenvalue weighted by atomic mass is 16.6. The SMILES string of the molecule is COc1ccc(C(=O)C2CCN(CC3COc4ccccc4O3)CC2)cc1. The van der Waals surface area contributed by atoms with Gasteiger partial charge in [0.2, 0.25) is 0 Å². The number of Topliss-reactive ketones (excluding diaryl/α,β-unsaturated/α-hetero) is 1. The number of piperidine rings is 1. The minimum atomic E-state index is 0.0359. The largest absolute Gasteiger partial charge is 0.497 e. The molecule has 2 aromatic carbocycles. The van der Waals surface area contributed by atoms with Gasteiger partial charge in [-0.05, 0) is 62.3 Å². The molecule has 1 fully saturated rings. The summed E-state index contributed by atoms with van der Waals surface area (Å²) in [6.45, 7) is 3.22. The highest BCUT2D eigenvalue weighted by Crippen LogP contribution is 2.31. The van der Waals surface area contributed by atoms with Gasteiger partial charge in [0.15, 0.2) is 17.3 Å². The number of rotatable bonds is 5. The molecule has 1 unspecified atom stereocenters. The molecular formula is C22H25NO4. The average molecular weight is 367 g/mol. The van der Waals surface area contributed by atoms with Crippen molar-refractivity contribution < 1.29 is 19.0 Å². The molecule has 1 atom stereocenters. The van der Waals surface area contributed by atoms with Crippen molar-refractivity contribution in [3.05, 3.63) is 54.1 Å². The van der Waals surface area contributed by atoms with Gasteiger partial charge in [-0.1, -0.05) is 12.1 Å². The number of fused-ring (bicyclic) bond motifs is 1. The van der Waals surface area contributed by atoms with Gasteiger partial charge in [-0.15, -0.1) is 0 Å². The molecule has 1 saturated heterocycles. The van der Waals surface area contributed by atoms with E-state index in [-0.39, 0.29) is 17.8 Å². The standard InChI is InChI=1S/C22H25NO4/c1-25-18-8-6-16(7-9-18)22(24)17-10-12-23(13-11-17)14-19-15-26-20-4-2-3-5-21(20)27-19/h2-9,17,19H,10-15H2,1H3. The fourth-order valence-corrected chi connectivity index (χ4v) is 3.81. The Bertz CT molecular complexity index is 781. The summed E-state index contributed by atoms with van der Waals surface area (Å²) in [5, 5.41) is 0. The molecule has 0 saturated carbocycles. The molecule has 0 aromatic heterocycles. The van der Waals surface area contributed by atoms with Crippen LogP contribution >= 0.6 is 0 Å². The summed E-state index contributed by atoms with van der Waals surface area (Å²) < 4.78 is 17.0. The van der Waals surface area contributed by atoms with E-state index in [1.807, 2.05) is 48.5 Å². The van der Waals surface area contributed by atoms with Gasteiger partial charge in [0.25, 0.3) is 0 Å². The van der Waals surface area contributed by atoms with Gasteiger partial charge in [-0.3, -0.25) is 9.69 Å². The van der Waals surface area contributed by atoms with Gasteiger partial charge in [0, 0.05) is 18.0 Å². The summed E-state index contributed by atoms with van der Waals surface area (Å²) in [6, 6.07) is 15.2. The van der Waals surface area contributed by atoms with Crippen LogP contribution in [0.3, 0.4) is 0 Å². The van der Waals surface area contributed by atoms with Gasteiger partial charge in [-0.2, -0.15) is 0 Å². The fraction of sp³-hybridized carbons (Fsp3) is 0.409. The number of hydrogen-bond acceptors (Lipinski definition) is 5. The first-order valence-electron chi connectivity index (χ1n) is 9.52. The lowest BCUT2D eigenvalue weighted by Crippen LogP contribution is -2.45. The van der Waals surface area contributed by atoms with E-state index in [9.17, 15) is 4.79 Å². The maximum Gasteiger partial charge on any atom is 0.166 e. The molecule has 0 N–H and O–H groups in total. The van der Waals surface area contributed by atoms with E-state index >= 15 is 0 Å². The van der Waals surface area contributed by atoms with Crippen LogP contribution in [-0.4, -0.2) is 50.1 Å². The minimum Gasteiger partial charge on any atom is -0.497 e. The molecule has 27 heavy (non-hydrogen) atoms. The summed E-state index contributed by atoms with van der Waals surface area (Å²) in [5.74, 6) is 2.75. The Labute approximate surface area is 159 Å². The van der Waals surface area contributed by atoms with E-state index < -0.39 is 0 Å². The van der Waals surface area contributed by atoms with Gasteiger partial charge >= 0.3 is 0 Å². The third kappa shape index (κ3) is 4.08. The van der Waals surface area contributed by atoms with Crippen LogP contribution in [0, 0.1) is 5.92 Å². The highest BCUT2D eigenvalue weighted by Gasteiger charge is 2.29. The molecule has 0 spiro atoms. The Hall–Kier alpha value is -2.53. The smallest absolute Gasteiger partial charge is 0.166 e. The second-order valence-electron chi connectivity index (χ2n) is 7.17. The Morgan fingerprint density at radius 3 is 2.48 bits per heavy atom. The van der Waals surface area contributed by atoms with Crippen molar-refractivity contribution >= 4 is 5.78 Å². The number of carbonyl (C=O) groups excluding carboxylic acids is 1. The highest BCUT2D eigenvalue weighted by molar-refractivity contribution is 5.98. The van der Waals surface area contributed by atoms with Crippen LogP contribution in [0.1, 0.15) is 23.2 Å². The Morgan fingerprint density at radius 2 is 1.78 bits per heavy atom. The van der Waals surface area contributed by atoms with E-state index in [0.717, 1.165) is 55.3 Å². The first-order valence-corrected chi connectivity index (χ1v) is 9.52. The molecule has 142 valence electrons. The van der Waals surface area contributed by atoms with Gasteiger partial charge in [0.05, 0.1) is 7.11 Å². The van der Waals surface area contributed by atoms with Gasteiger partial charge < -0.3 is 14.2 Å². The van der Waals surface area contributed by atoms with Crippen molar-refractivity contribution in [3.63, 3.8) is 0 Å². The van der Waals surface area contributed by atoms with Crippen LogP contribution in [0.15, 0.2) is 48.5 Å². The maximum absolute atomic E-state index is 12.7. The Balaban J connectivity index is 1.28. The van der Waals surface area contributed by atoms with Crippen molar-refractivity contribution in [2.75, 3.05) is 33.4 Å². The third-order valence-electron chi connectivity index (χ3n) is 5.36. The third-order valence-corrected chi connectivity index (χ3v) is 5.36. The van der Waals surface area contributed by atoms with Crippen LogP contribution < -0.4 is 14.2 Å². The number of likely N-dealkylation sites (tertiary alicyclic amines) is 1. The molecule has 2 aliphatic rings. The van der Waals surface area contributed by atoms with Crippen molar-refractivity contribution in [2.45, 2.75) is 18.9 Å². The molecule has 2 aromatic rings. The molecule has 5 nitrogen and oxygen atoms in total. The predicted octanol–water partition coefficient (Wildman–Crippen LogP) is 3.43. The number of para-hydroxylation sites is 2. The molecule has 2 heterocycles. The number of benzene rings is 2. The van der Waals surface area contributed by atoms with Crippen LogP contribution in [0.4, 0.5) is 0 Å². The second-order valence-corrected chi connectivity index (χ2v) is 7.17. The lowest BCUT2D eigenvalue weighted by Gasteiger charge is -2.35. The van der Waals surface area contributed by atoms with Crippen molar-refractivity contribution in [1.29, 1.82) is 0 Å². The molecule has 0 radical (unpaired) electrons. The Morgan fingerprint density at radius 1 is 1.07 bits per heavy atom. The summed E-state index contributed by atoms with van der Waals surface area (Å²) >= 11 is 0. The molecule has 4 rings (SSSR count). The fourth-order valence-electron chi connectivity index (χ4n) is 3.81. The summed E-state index contributed by atoms with van der Waals surface area (Å²) in [5.41, 5.74) is 0.773. The number of hydrogen-bond donors (Lipinski definition) is 0. The molecule has 0 bridgehead atoms. The zero-order valence-electron chi connectivity index (χ0n) is 15.6. The molecule has 2 aliphatic heterocycles. The first-order chi connectivity index (χ1) is 13.2. The van der Waals surface area contributed by atoms with Crippen molar-refractivity contribution in [1.82, 2.24) is 4.90 Å². The number of ether oxygens (including phenoxy) is 3. The van der Waals surface area contributed by atoms with E-state index in [1.165, 1.54) is 0 Å². The van der Waals surface area contributed by atoms with E-state index in [2.05, 4.69) is 4.90 Å². The summed E-state index contributed by atoms with van der Waals surface area (Å²) in [6.07, 6.45) is 1.80. The predicted molar refractivity (Wildman–Crippen MR) is 103 cm³/mol. The Kier molecular flexibility index (Phi) is 5.30. The van der Waals surface area contributed by atoms with E-state index in [0.29, 0.717) is 6.61 Å². The summed E-state index contributed by atoms with van der Waals surface area (Å²) in [4.78, 5) is 15.1. The average Bonchev–Trinajstić information content (AvgIpc) is 2.74. The van der Waals surface area contributed by atoms with Crippen LogP contribution in [0.25, 0.3) is 0 Å². The number of methoxy groups -OCH3 is 1. The molecule has 0 amide bonds. The summed E-state index contributed by atoms with van der Waals surface area (Å²) in [7, 11) is 1.63. The number of nitrogens with zero attached hydrogens (tertiary/aromatic N) is 1. The molecule has 0 aliphatic carbocycles. The molecular weight excluding hydrogens is 342 g/mol. The minimum absolute atomic E-state index is 0.0359. The zero-order valence-corrected chi connectivity index (χ0v) is 15.6. The topological polar surface area (TPSA) is 48.0 Å². The van der Waals surface area contributed by atoms with Gasteiger partial charge in [-0.25, -0.2) is 0 Å². The zero-order chi connectivity index (χ0) is 18.6. The monoisotopic (exact) mass is 367 g/mol. The lowest BCUT2D eigenvalue weighted by molar-refractivity contribution is 0.0462. The molecule has 5 heteroatoms. The lowest BCUT2D eigenvalue weighted by atomic mass is 9.89. The van der Waals surface area contributed by atoms with Crippen LogP contribution in [-0.2, 0) is 0 Å². The maximum atomic E-state index is 12.7. The van der Waals surface area contributed by atoms with Crippen LogP contribution in [0.5, 0.6) is 17.2 Å². The van der Waals surface area contributed by atoms with Crippen molar-refractivity contribution in [3.8, 4) is 17.2 Å². The quantitative estimate of drug-likeness (QED) is 0.758. The normalized spacial score (nSPS) is 20.3. The van der Waals surface area contributed by atoms with Crippen molar-refractivity contribution in [2.24, 2.45) is 5.92 Å². The number of ketones is 1. The number of carbonyl (C=O) groups is 1. The van der Waals surface area contributed by atoms with Gasteiger partial charge in [0.1, 0.15) is 18.5 Å². The van der Waals surface area contributed by atoms with Crippen LogP contribution in [0.2, 0.25) is 0 Å². The second kappa shape index (κ2) is 8.01.